The number of nitrogens with two attached hydrogens (primary N) is 1. The molecular weight excluding hydrogens is 440 g/mol. The third-order valence-corrected chi connectivity index (χ3v) is 5.94. The van der Waals surface area contributed by atoms with Gasteiger partial charge in [-0.3, -0.25) is 4.79 Å². The summed E-state index contributed by atoms with van der Waals surface area (Å²) in [6.07, 6.45) is 0. The van der Waals surface area contributed by atoms with E-state index >= 15 is 0 Å². The number of carbonyl (C=O) groups is 1. The molecular formula is C22H24N8O2S. The minimum atomic E-state index is -0.265. The number of nitrogens with zero attached hydrogens (tertiary/aromatic N) is 6. The molecule has 4 rings (SSSR count). The van der Waals surface area contributed by atoms with Gasteiger partial charge in [-0.15, -0.1) is 0 Å². The number of thioether (sulfide) groups is 1. The molecule has 3 aromatic heterocycles. The summed E-state index contributed by atoms with van der Waals surface area (Å²) in [5.41, 5.74) is 7.67. The molecule has 0 saturated carbocycles. The number of rotatable bonds is 6. The Morgan fingerprint density at radius 1 is 1.09 bits per heavy atom. The van der Waals surface area contributed by atoms with Crippen molar-refractivity contribution in [2.75, 3.05) is 30.0 Å². The molecule has 0 fully saturated rings. The number of hydrogen-bond donors (Lipinski definition) is 2. The zero-order valence-electron chi connectivity index (χ0n) is 18.9. The molecule has 1 aromatic carbocycles. The lowest BCUT2D eigenvalue weighted by atomic mass is 10.2. The summed E-state index contributed by atoms with van der Waals surface area (Å²) in [4.78, 5) is 36.6. The molecule has 0 bridgehead atoms. The molecule has 33 heavy (non-hydrogen) atoms. The van der Waals surface area contributed by atoms with Gasteiger partial charge >= 0.3 is 0 Å². The zero-order chi connectivity index (χ0) is 23.7. The summed E-state index contributed by atoms with van der Waals surface area (Å²) in [6.45, 7) is 5.69. The molecule has 0 spiro atoms. The molecule has 1 atom stereocenters. The molecule has 1 amide bonds. The molecule has 0 radical (unpaired) electrons. The van der Waals surface area contributed by atoms with E-state index in [4.69, 9.17) is 10.2 Å². The van der Waals surface area contributed by atoms with Crippen LogP contribution in [0.3, 0.4) is 0 Å². The topological polar surface area (TPSA) is 136 Å². The lowest BCUT2D eigenvalue weighted by Gasteiger charge is -2.14. The molecule has 170 valence electrons. The molecule has 0 aliphatic heterocycles. The van der Waals surface area contributed by atoms with Crippen molar-refractivity contribution in [1.82, 2.24) is 24.9 Å². The number of hydrogen-bond acceptors (Lipinski definition) is 10. The summed E-state index contributed by atoms with van der Waals surface area (Å²) < 4.78 is 5.84. The van der Waals surface area contributed by atoms with E-state index < -0.39 is 0 Å². The van der Waals surface area contributed by atoms with Gasteiger partial charge in [0, 0.05) is 25.2 Å². The second-order valence-corrected chi connectivity index (χ2v) is 8.95. The van der Waals surface area contributed by atoms with Crippen LogP contribution in [0.5, 0.6) is 0 Å². The zero-order valence-corrected chi connectivity index (χ0v) is 19.8. The van der Waals surface area contributed by atoms with Crippen LogP contribution in [0.4, 0.5) is 17.7 Å². The van der Waals surface area contributed by atoms with Gasteiger partial charge in [0.15, 0.2) is 5.16 Å². The summed E-state index contributed by atoms with van der Waals surface area (Å²) in [6, 6.07) is 8.96. The minimum Gasteiger partial charge on any atom is -0.443 e. The van der Waals surface area contributed by atoms with Crippen LogP contribution in [0.25, 0.3) is 11.1 Å². The molecule has 4 aromatic rings. The van der Waals surface area contributed by atoms with Gasteiger partial charge < -0.3 is 20.4 Å². The molecule has 10 nitrogen and oxygen atoms in total. The highest BCUT2D eigenvalue weighted by molar-refractivity contribution is 7.99. The lowest BCUT2D eigenvalue weighted by Crippen LogP contribution is -2.16. The number of fused-ring (bicyclic) bond motifs is 1. The summed E-state index contributed by atoms with van der Waals surface area (Å²) in [5, 5.41) is 3.76. The predicted octanol–water partition coefficient (Wildman–Crippen LogP) is 3.78. The van der Waals surface area contributed by atoms with Gasteiger partial charge in [-0.1, -0.05) is 30.0 Å². The van der Waals surface area contributed by atoms with Crippen LogP contribution in [0, 0.1) is 13.8 Å². The maximum absolute atomic E-state index is 12.8. The summed E-state index contributed by atoms with van der Waals surface area (Å²) >= 11 is 1.33. The van der Waals surface area contributed by atoms with Gasteiger partial charge in [-0.05, 0) is 32.9 Å². The Morgan fingerprint density at radius 3 is 2.52 bits per heavy atom. The predicted molar refractivity (Wildman–Crippen MR) is 129 cm³/mol. The molecule has 3 heterocycles. The number of anilines is 3. The van der Waals surface area contributed by atoms with E-state index in [0.717, 1.165) is 5.56 Å². The van der Waals surface area contributed by atoms with Crippen LogP contribution >= 0.6 is 11.8 Å². The fourth-order valence-electron chi connectivity index (χ4n) is 3.13. The Labute approximate surface area is 195 Å². The minimum absolute atomic E-state index is 0.139. The monoisotopic (exact) mass is 464 g/mol. The van der Waals surface area contributed by atoms with Crippen LogP contribution in [0.2, 0.25) is 0 Å². The number of aryl methyl sites for hydroxylation is 2. The van der Waals surface area contributed by atoms with Crippen molar-refractivity contribution in [2.24, 2.45) is 0 Å². The van der Waals surface area contributed by atoms with Gasteiger partial charge in [0.05, 0.1) is 10.6 Å². The summed E-state index contributed by atoms with van der Waals surface area (Å²) in [5.74, 6) is 1.95. The van der Waals surface area contributed by atoms with Crippen LogP contribution in [-0.2, 0) is 0 Å². The largest absolute Gasteiger partial charge is 0.443 e. The second kappa shape index (κ2) is 9.02. The van der Waals surface area contributed by atoms with Crippen molar-refractivity contribution >= 4 is 46.5 Å². The Hall–Kier alpha value is -3.73. The number of amides is 1. The van der Waals surface area contributed by atoms with Crippen LogP contribution in [0.1, 0.15) is 39.7 Å². The molecule has 3 N–H and O–H groups in total. The van der Waals surface area contributed by atoms with Gasteiger partial charge in [0.25, 0.3) is 5.91 Å². The normalized spacial score (nSPS) is 12.0. The maximum Gasteiger partial charge on any atom is 0.256 e. The lowest BCUT2D eigenvalue weighted by molar-refractivity contribution is 0.102. The Balaban J connectivity index is 1.69. The van der Waals surface area contributed by atoms with Gasteiger partial charge in [-0.25, -0.2) is 4.98 Å². The van der Waals surface area contributed by atoms with E-state index in [1.165, 1.54) is 11.8 Å². The number of carbonyl (C=O) groups excluding carboxylic acids is 1. The second-order valence-electron chi connectivity index (χ2n) is 7.64. The highest BCUT2D eigenvalue weighted by atomic mass is 32.2. The van der Waals surface area contributed by atoms with E-state index in [1.807, 2.05) is 53.1 Å². The van der Waals surface area contributed by atoms with Crippen molar-refractivity contribution in [3.63, 3.8) is 0 Å². The van der Waals surface area contributed by atoms with Gasteiger partial charge in [0.2, 0.25) is 17.6 Å². The highest BCUT2D eigenvalue weighted by Crippen LogP contribution is 2.36. The Kier molecular flexibility index (Phi) is 6.14. The third kappa shape index (κ3) is 4.72. The van der Waals surface area contributed by atoms with Crippen molar-refractivity contribution in [2.45, 2.75) is 31.2 Å². The van der Waals surface area contributed by atoms with Crippen molar-refractivity contribution < 1.29 is 9.21 Å². The maximum atomic E-state index is 12.8. The highest BCUT2D eigenvalue weighted by Gasteiger charge is 2.21. The average molecular weight is 465 g/mol. The summed E-state index contributed by atoms with van der Waals surface area (Å²) in [7, 11) is 3.66. The van der Waals surface area contributed by atoms with Gasteiger partial charge in [0.1, 0.15) is 17.4 Å². The first-order valence-corrected chi connectivity index (χ1v) is 11.1. The van der Waals surface area contributed by atoms with Crippen LogP contribution in [-0.4, -0.2) is 44.9 Å². The molecule has 0 aliphatic rings. The fraction of sp³-hybridized carbons (Fsp3) is 0.273. The van der Waals surface area contributed by atoms with Crippen LogP contribution < -0.4 is 16.0 Å². The number of benzene rings is 1. The van der Waals surface area contributed by atoms with Crippen LogP contribution in [0.15, 0.2) is 39.9 Å². The van der Waals surface area contributed by atoms with E-state index in [1.54, 1.807) is 17.0 Å². The quantitative estimate of drug-likeness (QED) is 0.320. The Morgan fingerprint density at radius 2 is 1.82 bits per heavy atom. The van der Waals surface area contributed by atoms with Crippen molar-refractivity contribution in [3.05, 3.63) is 53.0 Å². The van der Waals surface area contributed by atoms with E-state index in [9.17, 15) is 4.79 Å². The van der Waals surface area contributed by atoms with E-state index in [0.29, 0.717) is 45.2 Å². The first-order chi connectivity index (χ1) is 15.7. The van der Waals surface area contributed by atoms with Crippen molar-refractivity contribution in [3.8, 4) is 0 Å². The molecule has 0 saturated heterocycles. The standard InChI is InChI=1S/C22H24N8O2S/c1-11-12(2)32-19-15(11)17(24-18(31)14-9-7-6-8-10-14)27-22(28-19)33-13(3)16-25-20(23)29-21(26-16)30(4)5/h6-10,13H,1-5H3,(H2,23,25,26,29)(H,24,27,28,31). The van der Waals surface area contributed by atoms with Crippen molar-refractivity contribution in [1.29, 1.82) is 0 Å². The third-order valence-electron chi connectivity index (χ3n) is 4.98. The Bertz CT molecular complexity index is 1320. The fourth-order valence-corrected chi connectivity index (χ4v) is 3.94. The average Bonchev–Trinajstić information content (AvgIpc) is 3.07. The first kappa shape index (κ1) is 22.5. The number of nitrogen functional groups attached to an aromatic ring is 1. The first-order valence-electron chi connectivity index (χ1n) is 10.2. The molecule has 11 heteroatoms. The van der Waals surface area contributed by atoms with Gasteiger partial charge in [-0.2, -0.15) is 19.9 Å². The SMILES string of the molecule is Cc1oc2nc(SC(C)c3nc(N)nc(N(C)C)n3)nc(NC(=O)c3ccccc3)c2c1C. The van der Waals surface area contributed by atoms with E-state index in [2.05, 4.69) is 30.2 Å². The van der Waals surface area contributed by atoms with E-state index in [-0.39, 0.29) is 17.1 Å². The molecule has 0 aliphatic carbocycles. The smallest absolute Gasteiger partial charge is 0.256 e. The number of furan rings is 1. The number of nitrogens with one attached hydrogen (secondary N) is 1. The number of aromatic nitrogens is 5. The molecule has 1 unspecified atom stereocenters.